The minimum Gasteiger partial charge on any atom is -0.351 e. The van der Waals surface area contributed by atoms with E-state index < -0.39 is 0 Å². The van der Waals surface area contributed by atoms with Gasteiger partial charge in [0, 0.05) is 6.20 Å². The molecule has 0 aliphatic carbocycles. The van der Waals surface area contributed by atoms with Crippen molar-refractivity contribution in [2.24, 2.45) is 0 Å². The van der Waals surface area contributed by atoms with Crippen molar-refractivity contribution in [1.82, 2.24) is 9.97 Å². The molecule has 3 heteroatoms. The topological polar surface area (TPSA) is 28.7 Å². The lowest BCUT2D eigenvalue weighted by Gasteiger charge is -1.74. The molecule has 37 valence electrons. The number of aromatic nitrogens is 2. The highest BCUT2D eigenvalue weighted by Gasteiger charge is 1.86. The molecule has 0 fully saturated rings. The Hall–Kier alpha value is -0.500. The molecule has 1 aromatic rings. The molecule has 0 bridgehead atoms. The Morgan fingerprint density at radius 3 is 3.00 bits per heavy atom. The van der Waals surface area contributed by atoms with Gasteiger partial charge in [-0.1, -0.05) is 0 Å². The Labute approximate surface area is 46.5 Å². The summed E-state index contributed by atoms with van der Waals surface area (Å²) in [6, 6.07) is 0. The standard InChI is InChI=1S/C4H4ClN2/c5-1-4-2-6-3-7-4/h1-3H,(H,6,7). The molecule has 0 saturated heterocycles. The summed E-state index contributed by atoms with van der Waals surface area (Å²) in [5.74, 6) is 1.41. The normalized spacial score (nSPS) is 9.29. The van der Waals surface area contributed by atoms with Gasteiger partial charge in [0.15, 0.2) is 0 Å². The molecule has 1 rings (SSSR count). The van der Waals surface area contributed by atoms with E-state index in [1.807, 2.05) is 0 Å². The highest BCUT2D eigenvalue weighted by atomic mass is 35.5. The zero-order valence-corrected chi connectivity index (χ0v) is 4.31. The van der Waals surface area contributed by atoms with Crippen LogP contribution in [0.5, 0.6) is 0 Å². The first kappa shape index (κ1) is 4.65. The summed E-state index contributed by atoms with van der Waals surface area (Å²) in [6.07, 6.45) is 3.29. The van der Waals surface area contributed by atoms with Crippen LogP contribution in [0.15, 0.2) is 12.5 Å². The van der Waals surface area contributed by atoms with Gasteiger partial charge in [-0.05, 0) is 0 Å². The molecule has 0 spiro atoms. The molecule has 2 nitrogen and oxygen atoms in total. The lowest BCUT2D eigenvalue weighted by Crippen LogP contribution is -1.67. The minimum atomic E-state index is 0.765. The minimum absolute atomic E-state index is 0.765. The van der Waals surface area contributed by atoms with Crippen LogP contribution in [0.3, 0.4) is 0 Å². The molecule has 0 aliphatic heterocycles. The molecule has 0 aliphatic rings. The average Bonchev–Trinajstić information content (AvgIpc) is 2.14. The van der Waals surface area contributed by atoms with Crippen LogP contribution < -0.4 is 0 Å². The number of nitrogens with zero attached hydrogens (tertiary/aromatic N) is 1. The first-order valence-corrected chi connectivity index (χ1v) is 2.29. The third-order valence-corrected chi connectivity index (χ3v) is 0.855. The molecular weight excluding hydrogens is 112 g/mol. The molecule has 0 unspecified atom stereocenters. The maximum atomic E-state index is 5.26. The van der Waals surface area contributed by atoms with Gasteiger partial charge in [0.1, 0.15) is 0 Å². The van der Waals surface area contributed by atoms with Crippen molar-refractivity contribution >= 4 is 11.6 Å². The Morgan fingerprint density at radius 1 is 1.86 bits per heavy atom. The Kier molecular flexibility index (Phi) is 1.32. The molecule has 1 aromatic heterocycles. The first-order chi connectivity index (χ1) is 3.43. The number of hydrogen-bond donors (Lipinski definition) is 1. The molecular formula is C4H4ClN2. The van der Waals surface area contributed by atoms with E-state index in [0.29, 0.717) is 0 Å². The zero-order valence-electron chi connectivity index (χ0n) is 3.56. The summed E-state index contributed by atoms with van der Waals surface area (Å²) in [5.41, 5.74) is 0.765. The molecule has 1 N–H and O–H groups in total. The summed E-state index contributed by atoms with van der Waals surface area (Å²) in [6.45, 7) is 0. The van der Waals surface area contributed by atoms with Crippen LogP contribution in [0.25, 0.3) is 0 Å². The van der Waals surface area contributed by atoms with E-state index in [1.165, 1.54) is 5.88 Å². The second-order valence-electron chi connectivity index (χ2n) is 1.10. The van der Waals surface area contributed by atoms with Crippen molar-refractivity contribution < 1.29 is 0 Å². The number of rotatable bonds is 1. The third-order valence-electron chi connectivity index (χ3n) is 0.631. The van der Waals surface area contributed by atoms with Crippen LogP contribution in [0, 0.1) is 5.88 Å². The van der Waals surface area contributed by atoms with Gasteiger partial charge in [0.2, 0.25) is 0 Å². The smallest absolute Gasteiger partial charge is 0.0992 e. The van der Waals surface area contributed by atoms with E-state index in [0.717, 1.165) is 5.69 Å². The van der Waals surface area contributed by atoms with Crippen LogP contribution >= 0.6 is 11.6 Å². The predicted molar refractivity (Wildman–Crippen MR) is 27.8 cm³/mol. The van der Waals surface area contributed by atoms with E-state index in [1.54, 1.807) is 12.5 Å². The number of aromatic amines is 1. The van der Waals surface area contributed by atoms with E-state index >= 15 is 0 Å². The molecule has 7 heavy (non-hydrogen) atoms. The van der Waals surface area contributed by atoms with E-state index in [2.05, 4.69) is 9.97 Å². The molecule has 1 radical (unpaired) electrons. The van der Waals surface area contributed by atoms with Gasteiger partial charge in [-0.2, -0.15) is 0 Å². The van der Waals surface area contributed by atoms with Gasteiger partial charge in [-0.25, -0.2) is 4.98 Å². The van der Waals surface area contributed by atoms with Gasteiger partial charge in [0.05, 0.1) is 17.9 Å². The molecule has 0 atom stereocenters. The molecule has 1 heterocycles. The summed E-state index contributed by atoms with van der Waals surface area (Å²) in [7, 11) is 0. The van der Waals surface area contributed by atoms with Crippen LogP contribution in [0.4, 0.5) is 0 Å². The van der Waals surface area contributed by atoms with Crippen molar-refractivity contribution in [1.29, 1.82) is 0 Å². The first-order valence-electron chi connectivity index (χ1n) is 1.85. The highest BCUT2D eigenvalue weighted by Crippen LogP contribution is 1.96. The summed E-state index contributed by atoms with van der Waals surface area (Å²) < 4.78 is 0. The monoisotopic (exact) mass is 115 g/mol. The van der Waals surface area contributed by atoms with Crippen LogP contribution in [0.2, 0.25) is 0 Å². The van der Waals surface area contributed by atoms with E-state index in [4.69, 9.17) is 11.6 Å². The Morgan fingerprint density at radius 2 is 2.71 bits per heavy atom. The number of hydrogen-bond acceptors (Lipinski definition) is 1. The predicted octanol–water partition coefficient (Wildman–Crippen LogP) is 1.16. The SMILES string of the molecule is Cl[CH]c1c[nH]cn1. The quantitative estimate of drug-likeness (QED) is 0.585. The van der Waals surface area contributed by atoms with Crippen molar-refractivity contribution in [3.8, 4) is 0 Å². The van der Waals surface area contributed by atoms with Crippen molar-refractivity contribution in [2.45, 2.75) is 0 Å². The fourth-order valence-corrected chi connectivity index (χ4v) is 0.451. The van der Waals surface area contributed by atoms with Crippen LogP contribution in [-0.2, 0) is 0 Å². The summed E-state index contributed by atoms with van der Waals surface area (Å²) >= 11 is 5.26. The number of halogens is 1. The maximum Gasteiger partial charge on any atom is 0.0992 e. The lowest BCUT2D eigenvalue weighted by molar-refractivity contribution is 1.29. The summed E-state index contributed by atoms with van der Waals surface area (Å²) in [4.78, 5) is 6.55. The fourth-order valence-electron chi connectivity index (χ4n) is 0.331. The Balaban J connectivity index is 2.76. The zero-order chi connectivity index (χ0) is 5.11. The van der Waals surface area contributed by atoms with Gasteiger partial charge < -0.3 is 4.98 Å². The number of H-pyrrole nitrogens is 1. The van der Waals surface area contributed by atoms with Crippen LogP contribution in [-0.4, -0.2) is 9.97 Å². The molecule has 0 saturated carbocycles. The maximum absolute atomic E-state index is 5.26. The van der Waals surface area contributed by atoms with Crippen molar-refractivity contribution in [3.05, 3.63) is 24.1 Å². The van der Waals surface area contributed by atoms with Gasteiger partial charge >= 0.3 is 0 Å². The van der Waals surface area contributed by atoms with Gasteiger partial charge in [0.25, 0.3) is 0 Å². The van der Waals surface area contributed by atoms with Gasteiger partial charge in [-0.15, -0.1) is 11.6 Å². The van der Waals surface area contributed by atoms with Crippen molar-refractivity contribution in [2.75, 3.05) is 0 Å². The third kappa shape index (κ3) is 0.933. The average molecular weight is 116 g/mol. The molecule has 0 amide bonds. The van der Waals surface area contributed by atoms with E-state index in [-0.39, 0.29) is 0 Å². The second-order valence-corrected chi connectivity index (χ2v) is 1.32. The van der Waals surface area contributed by atoms with Crippen LogP contribution in [0.1, 0.15) is 5.69 Å². The number of imidazole rings is 1. The lowest BCUT2D eigenvalue weighted by atomic mass is 10.6. The Bertz CT molecular complexity index is 124. The largest absolute Gasteiger partial charge is 0.351 e. The van der Waals surface area contributed by atoms with Gasteiger partial charge in [-0.3, -0.25) is 0 Å². The second kappa shape index (κ2) is 1.98. The fraction of sp³-hybridized carbons (Fsp3) is 0. The summed E-state index contributed by atoms with van der Waals surface area (Å²) in [5, 5.41) is 0. The number of nitrogens with one attached hydrogen (secondary N) is 1. The van der Waals surface area contributed by atoms with Crippen molar-refractivity contribution in [3.63, 3.8) is 0 Å². The van der Waals surface area contributed by atoms with E-state index in [9.17, 15) is 0 Å². The molecule has 0 aromatic carbocycles. The highest BCUT2D eigenvalue weighted by molar-refractivity contribution is 6.24.